The van der Waals surface area contributed by atoms with E-state index in [0.29, 0.717) is 23.9 Å². The van der Waals surface area contributed by atoms with Gasteiger partial charge in [-0.05, 0) is 48.5 Å². The molecule has 0 saturated carbocycles. The third-order valence-electron chi connectivity index (χ3n) is 4.53. The van der Waals surface area contributed by atoms with E-state index < -0.39 is 26.6 Å². The fourth-order valence-corrected chi connectivity index (χ4v) is 3.99. The second kappa shape index (κ2) is 9.13. The molecule has 1 amide bonds. The predicted octanol–water partition coefficient (Wildman–Crippen LogP) is 4.05. The molecule has 0 spiro atoms. The highest BCUT2D eigenvalue weighted by atomic mass is 32.2. The van der Waals surface area contributed by atoms with Crippen molar-refractivity contribution in [2.75, 3.05) is 18.9 Å². The number of nitrogens with one attached hydrogen (secondary N) is 1. The van der Waals surface area contributed by atoms with Crippen molar-refractivity contribution in [3.63, 3.8) is 0 Å². The predicted molar refractivity (Wildman–Crippen MR) is 112 cm³/mol. The summed E-state index contributed by atoms with van der Waals surface area (Å²) >= 11 is 0. The number of carbonyl (C=O) groups excluding carboxylic acids is 1. The maximum atomic E-state index is 13.4. The molecule has 1 N–H and O–H groups in total. The van der Waals surface area contributed by atoms with E-state index in [4.69, 9.17) is 4.74 Å². The molecule has 3 aromatic rings. The first kappa shape index (κ1) is 22.2. The molecule has 0 unspecified atom stereocenters. The second-order valence-corrected chi connectivity index (χ2v) is 8.41. The van der Waals surface area contributed by atoms with E-state index in [9.17, 15) is 22.0 Å². The smallest absolute Gasteiger partial charge is 0.261 e. The van der Waals surface area contributed by atoms with Crippen LogP contribution in [0.25, 0.3) is 0 Å². The minimum Gasteiger partial charge on any atom is -0.496 e. The van der Waals surface area contributed by atoms with Gasteiger partial charge in [0.15, 0.2) is 11.6 Å². The Kier molecular flexibility index (Phi) is 6.55. The van der Waals surface area contributed by atoms with Gasteiger partial charge in [0.05, 0.1) is 12.0 Å². The summed E-state index contributed by atoms with van der Waals surface area (Å²) < 4.78 is 58.7. The number of sulfonamides is 1. The van der Waals surface area contributed by atoms with Crippen LogP contribution in [0.4, 0.5) is 14.5 Å². The maximum absolute atomic E-state index is 13.4. The van der Waals surface area contributed by atoms with Gasteiger partial charge in [0.1, 0.15) is 5.75 Å². The highest BCUT2D eigenvalue weighted by molar-refractivity contribution is 7.92. The number of para-hydroxylation sites is 1. The SMILES string of the molecule is COc1ccccc1CN(C)C(=O)c1ccc(NS(=O)(=O)c2ccc(F)c(F)c2)cc1. The van der Waals surface area contributed by atoms with Gasteiger partial charge in [-0.2, -0.15) is 0 Å². The summed E-state index contributed by atoms with van der Waals surface area (Å²) in [6.45, 7) is 0.327. The molecule has 6 nitrogen and oxygen atoms in total. The van der Waals surface area contributed by atoms with Crippen molar-refractivity contribution >= 4 is 21.6 Å². The fraction of sp³-hybridized carbons (Fsp3) is 0.136. The summed E-state index contributed by atoms with van der Waals surface area (Å²) in [7, 11) is -0.913. The third kappa shape index (κ3) is 5.18. The van der Waals surface area contributed by atoms with E-state index in [1.165, 1.54) is 29.2 Å². The zero-order valence-corrected chi connectivity index (χ0v) is 17.6. The Balaban J connectivity index is 1.71. The fourth-order valence-electron chi connectivity index (χ4n) is 2.92. The normalized spacial score (nSPS) is 11.1. The Bertz CT molecular complexity index is 1200. The van der Waals surface area contributed by atoms with Crippen LogP contribution in [0.5, 0.6) is 5.75 Å². The van der Waals surface area contributed by atoms with Crippen molar-refractivity contribution in [1.82, 2.24) is 4.90 Å². The number of hydrogen-bond acceptors (Lipinski definition) is 4. The van der Waals surface area contributed by atoms with E-state index in [1.54, 1.807) is 14.2 Å². The monoisotopic (exact) mass is 446 g/mol. The van der Waals surface area contributed by atoms with Crippen molar-refractivity contribution < 1.29 is 26.7 Å². The van der Waals surface area contributed by atoms with Crippen LogP contribution in [0.3, 0.4) is 0 Å². The molecule has 0 aliphatic heterocycles. The number of amides is 1. The number of rotatable bonds is 7. The number of ether oxygens (including phenoxy) is 1. The minimum atomic E-state index is -4.12. The summed E-state index contributed by atoms with van der Waals surface area (Å²) in [5.74, 6) is -1.99. The molecule has 9 heteroatoms. The molecule has 0 aliphatic rings. The van der Waals surface area contributed by atoms with Gasteiger partial charge < -0.3 is 9.64 Å². The Hall–Kier alpha value is -3.46. The molecule has 0 saturated heterocycles. The van der Waals surface area contributed by atoms with Crippen LogP contribution in [0.1, 0.15) is 15.9 Å². The molecule has 162 valence electrons. The molecule has 0 bridgehead atoms. The highest BCUT2D eigenvalue weighted by Crippen LogP contribution is 2.21. The van der Waals surface area contributed by atoms with Crippen LogP contribution in [0.2, 0.25) is 0 Å². The number of halogens is 2. The van der Waals surface area contributed by atoms with Gasteiger partial charge in [0.25, 0.3) is 15.9 Å². The lowest BCUT2D eigenvalue weighted by molar-refractivity contribution is 0.0784. The first-order chi connectivity index (χ1) is 14.7. The molecule has 0 aliphatic carbocycles. The summed E-state index contributed by atoms with van der Waals surface area (Å²) in [5.41, 5.74) is 1.37. The minimum absolute atomic E-state index is 0.175. The average molecular weight is 446 g/mol. The Morgan fingerprint density at radius 1 is 1.00 bits per heavy atom. The van der Waals surface area contributed by atoms with Crippen LogP contribution in [0, 0.1) is 11.6 Å². The Labute approximate surface area is 179 Å². The quantitative estimate of drug-likeness (QED) is 0.594. The van der Waals surface area contributed by atoms with Crippen LogP contribution in [0.15, 0.2) is 71.6 Å². The molecule has 0 aromatic heterocycles. The van der Waals surface area contributed by atoms with E-state index in [0.717, 1.165) is 17.7 Å². The van der Waals surface area contributed by atoms with Crippen LogP contribution in [-0.4, -0.2) is 33.4 Å². The van der Waals surface area contributed by atoms with Gasteiger partial charge in [-0.15, -0.1) is 0 Å². The van der Waals surface area contributed by atoms with E-state index in [2.05, 4.69) is 4.72 Å². The molecular weight excluding hydrogens is 426 g/mol. The van der Waals surface area contributed by atoms with Gasteiger partial charge in [-0.3, -0.25) is 9.52 Å². The molecule has 3 aromatic carbocycles. The van der Waals surface area contributed by atoms with Crippen LogP contribution >= 0.6 is 0 Å². The standard InChI is InChI=1S/C22H20F2N2O4S/c1-26(14-16-5-3-4-6-21(16)30-2)22(27)15-7-9-17(10-8-15)25-31(28,29)18-11-12-19(23)20(24)13-18/h3-13,25H,14H2,1-2H3. The van der Waals surface area contributed by atoms with Gasteiger partial charge in [0.2, 0.25) is 0 Å². The number of carbonyl (C=O) groups is 1. The lowest BCUT2D eigenvalue weighted by Crippen LogP contribution is -2.26. The lowest BCUT2D eigenvalue weighted by atomic mass is 10.1. The van der Waals surface area contributed by atoms with Crippen molar-refractivity contribution in [2.24, 2.45) is 0 Å². The molecule has 0 fully saturated rings. The zero-order chi connectivity index (χ0) is 22.6. The van der Waals surface area contributed by atoms with E-state index in [-0.39, 0.29) is 11.6 Å². The number of methoxy groups -OCH3 is 1. The molecule has 0 atom stereocenters. The summed E-state index contributed by atoms with van der Waals surface area (Å²) in [4.78, 5) is 13.8. The zero-order valence-electron chi connectivity index (χ0n) is 16.8. The van der Waals surface area contributed by atoms with Gasteiger partial charge in [-0.25, -0.2) is 17.2 Å². The van der Waals surface area contributed by atoms with E-state index >= 15 is 0 Å². The average Bonchev–Trinajstić information content (AvgIpc) is 2.75. The Morgan fingerprint density at radius 3 is 2.32 bits per heavy atom. The highest BCUT2D eigenvalue weighted by Gasteiger charge is 2.18. The first-order valence-electron chi connectivity index (χ1n) is 9.16. The first-order valence-corrected chi connectivity index (χ1v) is 10.6. The van der Waals surface area contributed by atoms with Crippen molar-refractivity contribution in [2.45, 2.75) is 11.4 Å². The number of nitrogens with zero attached hydrogens (tertiary/aromatic N) is 1. The molecular formula is C22H20F2N2O4S. The van der Waals surface area contributed by atoms with Crippen molar-refractivity contribution in [3.05, 3.63) is 89.5 Å². The van der Waals surface area contributed by atoms with Crippen LogP contribution in [-0.2, 0) is 16.6 Å². The van der Waals surface area contributed by atoms with E-state index in [1.807, 2.05) is 24.3 Å². The molecule has 31 heavy (non-hydrogen) atoms. The lowest BCUT2D eigenvalue weighted by Gasteiger charge is -2.19. The summed E-state index contributed by atoms with van der Waals surface area (Å²) in [6, 6.07) is 15.4. The summed E-state index contributed by atoms with van der Waals surface area (Å²) in [5, 5.41) is 0. The summed E-state index contributed by atoms with van der Waals surface area (Å²) in [6.07, 6.45) is 0. The van der Waals surface area contributed by atoms with Crippen molar-refractivity contribution in [3.8, 4) is 5.75 Å². The van der Waals surface area contributed by atoms with Crippen LogP contribution < -0.4 is 9.46 Å². The van der Waals surface area contributed by atoms with Gasteiger partial charge >= 0.3 is 0 Å². The van der Waals surface area contributed by atoms with Crippen molar-refractivity contribution in [1.29, 1.82) is 0 Å². The second-order valence-electron chi connectivity index (χ2n) is 6.73. The number of benzene rings is 3. The molecule has 3 rings (SSSR count). The Morgan fingerprint density at radius 2 is 1.68 bits per heavy atom. The third-order valence-corrected chi connectivity index (χ3v) is 5.91. The number of anilines is 1. The maximum Gasteiger partial charge on any atom is 0.261 e. The van der Waals surface area contributed by atoms with Gasteiger partial charge in [-0.1, -0.05) is 18.2 Å². The topological polar surface area (TPSA) is 75.7 Å². The largest absolute Gasteiger partial charge is 0.496 e. The molecule has 0 radical (unpaired) electrons. The number of hydrogen-bond donors (Lipinski definition) is 1. The molecule has 0 heterocycles. The van der Waals surface area contributed by atoms with Gasteiger partial charge in [0, 0.05) is 30.4 Å².